The van der Waals surface area contributed by atoms with Crippen molar-refractivity contribution in [1.82, 2.24) is 10.3 Å². The van der Waals surface area contributed by atoms with Gasteiger partial charge in [0.1, 0.15) is 5.54 Å². The lowest BCUT2D eigenvalue weighted by molar-refractivity contribution is -0.147. The maximum Gasteiger partial charge on any atom is 0.329 e. The molecule has 0 radical (unpaired) electrons. The van der Waals surface area contributed by atoms with Crippen molar-refractivity contribution in [2.24, 2.45) is 5.92 Å². The second-order valence-corrected chi connectivity index (χ2v) is 4.89. The van der Waals surface area contributed by atoms with Crippen LogP contribution in [0.15, 0.2) is 30.6 Å². The number of aliphatic carboxylic acids is 1. The molecule has 1 aliphatic carbocycles. The summed E-state index contributed by atoms with van der Waals surface area (Å²) < 4.78 is 0. The second kappa shape index (κ2) is 5.22. The molecule has 0 bridgehead atoms. The quantitative estimate of drug-likeness (QED) is 0.786. The molecule has 2 rings (SSSR count). The Labute approximate surface area is 111 Å². The molecule has 2 N–H and O–H groups in total. The summed E-state index contributed by atoms with van der Waals surface area (Å²) in [4.78, 5) is 27.0. The first-order valence-electron chi connectivity index (χ1n) is 6.16. The average molecular weight is 260 g/mol. The van der Waals surface area contributed by atoms with Crippen molar-refractivity contribution in [3.63, 3.8) is 0 Å². The molecule has 1 aliphatic rings. The molecule has 1 atom stereocenters. The van der Waals surface area contributed by atoms with Gasteiger partial charge in [-0.1, -0.05) is 6.07 Å². The van der Waals surface area contributed by atoms with E-state index in [-0.39, 0.29) is 5.92 Å². The SMILES string of the molecule is CC(NC(=O)/C=C/c1cccnc1)(C(=O)O)C1CC1. The van der Waals surface area contributed by atoms with Crippen LogP contribution in [0.1, 0.15) is 25.3 Å². The molecule has 1 aromatic heterocycles. The number of hydrogen-bond acceptors (Lipinski definition) is 3. The summed E-state index contributed by atoms with van der Waals surface area (Å²) in [7, 11) is 0. The number of rotatable bonds is 5. The summed E-state index contributed by atoms with van der Waals surface area (Å²) in [5, 5.41) is 11.8. The first-order valence-corrected chi connectivity index (χ1v) is 6.16. The van der Waals surface area contributed by atoms with Crippen LogP contribution in [-0.4, -0.2) is 27.5 Å². The first-order chi connectivity index (χ1) is 9.02. The van der Waals surface area contributed by atoms with E-state index < -0.39 is 17.4 Å². The van der Waals surface area contributed by atoms with Crippen molar-refractivity contribution < 1.29 is 14.7 Å². The Hall–Kier alpha value is -2.17. The lowest BCUT2D eigenvalue weighted by Crippen LogP contribution is -2.53. The van der Waals surface area contributed by atoms with Crippen LogP contribution in [0.5, 0.6) is 0 Å². The number of pyridine rings is 1. The van der Waals surface area contributed by atoms with E-state index in [4.69, 9.17) is 0 Å². The number of carboxylic acid groups (broad SMARTS) is 1. The molecule has 100 valence electrons. The van der Waals surface area contributed by atoms with Crippen LogP contribution >= 0.6 is 0 Å². The summed E-state index contributed by atoms with van der Waals surface area (Å²) in [6, 6.07) is 3.58. The highest BCUT2D eigenvalue weighted by molar-refractivity contribution is 5.95. The molecule has 5 nitrogen and oxygen atoms in total. The van der Waals surface area contributed by atoms with Gasteiger partial charge in [-0.05, 0) is 43.4 Å². The van der Waals surface area contributed by atoms with Crippen molar-refractivity contribution in [1.29, 1.82) is 0 Å². The normalized spacial score (nSPS) is 17.9. The number of nitrogens with one attached hydrogen (secondary N) is 1. The van der Waals surface area contributed by atoms with Crippen LogP contribution in [-0.2, 0) is 9.59 Å². The monoisotopic (exact) mass is 260 g/mol. The van der Waals surface area contributed by atoms with Crippen molar-refractivity contribution in [2.45, 2.75) is 25.3 Å². The maximum atomic E-state index is 11.8. The van der Waals surface area contributed by atoms with E-state index in [1.165, 1.54) is 6.08 Å². The molecule has 1 fully saturated rings. The fraction of sp³-hybridized carbons (Fsp3) is 0.357. The summed E-state index contributed by atoms with van der Waals surface area (Å²) in [5.41, 5.74) is -0.378. The van der Waals surface area contributed by atoms with Crippen molar-refractivity contribution in [3.8, 4) is 0 Å². The second-order valence-electron chi connectivity index (χ2n) is 4.89. The van der Waals surface area contributed by atoms with Gasteiger partial charge in [0, 0.05) is 18.5 Å². The lowest BCUT2D eigenvalue weighted by atomic mass is 9.96. The number of amides is 1. The molecule has 1 saturated carbocycles. The molecule has 1 aromatic rings. The third-order valence-electron chi connectivity index (χ3n) is 3.33. The van der Waals surface area contributed by atoms with Gasteiger partial charge in [0.05, 0.1) is 0 Å². The van der Waals surface area contributed by atoms with E-state index in [0.717, 1.165) is 18.4 Å². The van der Waals surface area contributed by atoms with Gasteiger partial charge < -0.3 is 10.4 Å². The highest BCUT2D eigenvalue weighted by Gasteiger charge is 2.48. The number of nitrogens with zero attached hydrogens (tertiary/aromatic N) is 1. The van der Waals surface area contributed by atoms with E-state index in [0.29, 0.717) is 0 Å². The van der Waals surface area contributed by atoms with Gasteiger partial charge in [-0.3, -0.25) is 9.78 Å². The predicted molar refractivity (Wildman–Crippen MR) is 70.2 cm³/mol. The summed E-state index contributed by atoms with van der Waals surface area (Å²) in [6.07, 6.45) is 7.90. The standard InChI is InChI=1S/C14H16N2O3/c1-14(13(18)19,11-5-6-11)16-12(17)7-4-10-3-2-8-15-9-10/h2-4,7-9,11H,5-6H2,1H3,(H,16,17)(H,18,19)/b7-4+. The van der Waals surface area contributed by atoms with E-state index >= 15 is 0 Å². The Kier molecular flexibility index (Phi) is 3.64. The minimum absolute atomic E-state index is 0.0285. The molecule has 0 aromatic carbocycles. The minimum atomic E-state index is -1.17. The van der Waals surface area contributed by atoms with E-state index in [2.05, 4.69) is 10.3 Å². The van der Waals surface area contributed by atoms with Crippen molar-refractivity contribution >= 4 is 18.0 Å². The fourth-order valence-corrected chi connectivity index (χ4v) is 1.93. The van der Waals surface area contributed by atoms with Crippen LogP contribution in [0.4, 0.5) is 0 Å². The third-order valence-corrected chi connectivity index (χ3v) is 3.33. The van der Waals surface area contributed by atoms with Crippen LogP contribution in [0.3, 0.4) is 0 Å². The zero-order valence-corrected chi connectivity index (χ0v) is 10.7. The Bertz CT molecular complexity index is 509. The minimum Gasteiger partial charge on any atom is -0.480 e. The topological polar surface area (TPSA) is 79.3 Å². The molecular weight excluding hydrogens is 244 g/mol. The zero-order chi connectivity index (χ0) is 13.9. The Morgan fingerprint density at radius 2 is 2.26 bits per heavy atom. The number of carboxylic acids is 1. The summed E-state index contributed by atoms with van der Waals surface area (Å²) in [5.74, 6) is -1.36. The van der Waals surface area contributed by atoms with Crippen LogP contribution in [0, 0.1) is 5.92 Å². The van der Waals surface area contributed by atoms with Gasteiger partial charge >= 0.3 is 5.97 Å². The van der Waals surface area contributed by atoms with Crippen molar-refractivity contribution in [3.05, 3.63) is 36.2 Å². The summed E-state index contributed by atoms with van der Waals surface area (Å²) >= 11 is 0. The van der Waals surface area contributed by atoms with Crippen LogP contribution < -0.4 is 5.32 Å². The number of aromatic nitrogens is 1. The highest BCUT2D eigenvalue weighted by atomic mass is 16.4. The molecule has 0 spiro atoms. The van der Waals surface area contributed by atoms with Gasteiger partial charge in [0.25, 0.3) is 0 Å². The largest absolute Gasteiger partial charge is 0.480 e. The van der Waals surface area contributed by atoms with E-state index in [9.17, 15) is 14.7 Å². The molecule has 0 saturated heterocycles. The van der Waals surface area contributed by atoms with Crippen molar-refractivity contribution in [2.75, 3.05) is 0 Å². The molecule has 1 heterocycles. The molecule has 0 aliphatic heterocycles. The van der Waals surface area contributed by atoms with Gasteiger partial charge in [0.2, 0.25) is 5.91 Å². The van der Waals surface area contributed by atoms with Gasteiger partial charge in [-0.25, -0.2) is 4.79 Å². The predicted octanol–water partition coefficient (Wildman–Crippen LogP) is 1.46. The maximum absolute atomic E-state index is 11.8. The van der Waals surface area contributed by atoms with Gasteiger partial charge in [-0.2, -0.15) is 0 Å². The molecule has 1 amide bonds. The number of hydrogen-bond donors (Lipinski definition) is 2. The smallest absolute Gasteiger partial charge is 0.329 e. The molecule has 5 heteroatoms. The number of carbonyl (C=O) groups excluding carboxylic acids is 1. The van der Waals surface area contributed by atoms with Gasteiger partial charge in [-0.15, -0.1) is 0 Å². The Morgan fingerprint density at radius 3 is 2.79 bits per heavy atom. The zero-order valence-electron chi connectivity index (χ0n) is 10.7. The molecule has 19 heavy (non-hydrogen) atoms. The first kappa shape index (κ1) is 13.3. The van der Waals surface area contributed by atoms with E-state index in [1.54, 1.807) is 31.5 Å². The van der Waals surface area contributed by atoms with E-state index in [1.807, 2.05) is 6.07 Å². The van der Waals surface area contributed by atoms with Crippen LogP contribution in [0.2, 0.25) is 0 Å². The van der Waals surface area contributed by atoms with Gasteiger partial charge in [0.15, 0.2) is 0 Å². The Morgan fingerprint density at radius 1 is 1.53 bits per heavy atom. The summed E-state index contributed by atoms with van der Waals surface area (Å²) in [6.45, 7) is 1.56. The Balaban J connectivity index is 2.01. The molecular formula is C14H16N2O3. The molecule has 1 unspecified atom stereocenters. The number of carbonyl (C=O) groups is 2. The fourth-order valence-electron chi connectivity index (χ4n) is 1.93. The van der Waals surface area contributed by atoms with Crippen LogP contribution in [0.25, 0.3) is 6.08 Å². The highest BCUT2D eigenvalue weighted by Crippen LogP contribution is 2.39. The lowest BCUT2D eigenvalue weighted by Gasteiger charge is -2.25. The third kappa shape index (κ3) is 3.19. The average Bonchev–Trinajstić information content (AvgIpc) is 3.22.